The van der Waals surface area contributed by atoms with E-state index in [0.29, 0.717) is 0 Å². The molecule has 0 N–H and O–H groups in total. The SMILES string of the molecule is c1cnc2ccn(CC3CCCCC3)c2c1. The van der Waals surface area contributed by atoms with E-state index in [4.69, 9.17) is 0 Å². The summed E-state index contributed by atoms with van der Waals surface area (Å²) in [6.45, 7) is 1.18. The minimum Gasteiger partial charge on any atom is -0.346 e. The van der Waals surface area contributed by atoms with Gasteiger partial charge in [-0.25, -0.2) is 0 Å². The van der Waals surface area contributed by atoms with E-state index < -0.39 is 0 Å². The van der Waals surface area contributed by atoms with Crippen LogP contribution in [-0.4, -0.2) is 9.55 Å². The standard InChI is InChI=1S/C14H18N2/c1-2-5-12(6-3-1)11-16-10-8-13-14(16)7-4-9-15-13/h4,7-10,12H,1-3,5-6,11H2. The van der Waals surface area contributed by atoms with E-state index in [9.17, 15) is 0 Å². The highest BCUT2D eigenvalue weighted by molar-refractivity contribution is 5.75. The Morgan fingerprint density at radius 2 is 2.06 bits per heavy atom. The summed E-state index contributed by atoms with van der Waals surface area (Å²) >= 11 is 0. The molecule has 1 aliphatic rings. The largest absolute Gasteiger partial charge is 0.346 e. The maximum atomic E-state index is 4.37. The molecule has 0 aromatic carbocycles. The highest BCUT2D eigenvalue weighted by atomic mass is 15.0. The van der Waals surface area contributed by atoms with Crippen molar-refractivity contribution in [2.75, 3.05) is 0 Å². The smallest absolute Gasteiger partial charge is 0.0880 e. The highest BCUT2D eigenvalue weighted by Crippen LogP contribution is 2.26. The zero-order valence-electron chi connectivity index (χ0n) is 9.60. The fourth-order valence-corrected chi connectivity index (χ4v) is 2.83. The Bertz CT molecular complexity index is 466. The number of rotatable bonds is 2. The maximum absolute atomic E-state index is 4.37. The van der Waals surface area contributed by atoms with Gasteiger partial charge in [0.15, 0.2) is 0 Å². The van der Waals surface area contributed by atoms with Gasteiger partial charge in [0.1, 0.15) is 0 Å². The van der Waals surface area contributed by atoms with Crippen LogP contribution >= 0.6 is 0 Å². The third-order valence-corrected chi connectivity index (χ3v) is 3.72. The zero-order valence-corrected chi connectivity index (χ0v) is 9.60. The molecule has 0 aliphatic heterocycles. The summed E-state index contributed by atoms with van der Waals surface area (Å²) in [7, 11) is 0. The first-order chi connectivity index (χ1) is 7.93. The van der Waals surface area contributed by atoms with E-state index in [-0.39, 0.29) is 0 Å². The quantitative estimate of drug-likeness (QED) is 0.746. The maximum Gasteiger partial charge on any atom is 0.0880 e. The van der Waals surface area contributed by atoms with Gasteiger partial charge in [0.2, 0.25) is 0 Å². The number of aromatic nitrogens is 2. The summed E-state index contributed by atoms with van der Waals surface area (Å²) in [6, 6.07) is 6.32. The van der Waals surface area contributed by atoms with Crippen molar-refractivity contribution in [3.63, 3.8) is 0 Å². The van der Waals surface area contributed by atoms with Crippen LogP contribution in [0.4, 0.5) is 0 Å². The van der Waals surface area contributed by atoms with Crippen LogP contribution in [0.1, 0.15) is 32.1 Å². The van der Waals surface area contributed by atoms with Gasteiger partial charge in [0, 0.05) is 18.9 Å². The van der Waals surface area contributed by atoms with Crippen molar-refractivity contribution in [3.8, 4) is 0 Å². The minimum absolute atomic E-state index is 0.879. The molecule has 84 valence electrons. The van der Waals surface area contributed by atoms with Gasteiger partial charge >= 0.3 is 0 Å². The lowest BCUT2D eigenvalue weighted by Gasteiger charge is -2.22. The Kier molecular flexibility index (Phi) is 2.65. The molecule has 3 rings (SSSR count). The van der Waals surface area contributed by atoms with Crippen molar-refractivity contribution in [1.82, 2.24) is 9.55 Å². The van der Waals surface area contributed by atoms with Gasteiger partial charge in [0.05, 0.1) is 11.0 Å². The minimum atomic E-state index is 0.879. The number of nitrogens with zero attached hydrogens (tertiary/aromatic N) is 2. The van der Waals surface area contributed by atoms with Crippen molar-refractivity contribution >= 4 is 11.0 Å². The first kappa shape index (κ1) is 9.88. The Hall–Kier alpha value is -1.31. The Balaban J connectivity index is 1.83. The lowest BCUT2D eigenvalue weighted by Crippen LogP contribution is -2.13. The van der Waals surface area contributed by atoms with Gasteiger partial charge in [-0.3, -0.25) is 4.98 Å². The molecule has 0 amide bonds. The molecule has 0 unspecified atom stereocenters. The summed E-state index contributed by atoms with van der Waals surface area (Å²) in [5.41, 5.74) is 2.41. The molecule has 2 nitrogen and oxygen atoms in total. The summed E-state index contributed by atoms with van der Waals surface area (Å²) < 4.78 is 2.37. The van der Waals surface area contributed by atoms with Crippen LogP contribution in [0.15, 0.2) is 30.6 Å². The lowest BCUT2D eigenvalue weighted by atomic mass is 9.89. The van der Waals surface area contributed by atoms with E-state index in [2.05, 4.69) is 27.9 Å². The van der Waals surface area contributed by atoms with Crippen molar-refractivity contribution < 1.29 is 0 Å². The second-order valence-electron chi connectivity index (χ2n) is 4.88. The van der Waals surface area contributed by atoms with Gasteiger partial charge in [-0.1, -0.05) is 19.3 Å². The zero-order chi connectivity index (χ0) is 10.8. The molecule has 0 bridgehead atoms. The van der Waals surface area contributed by atoms with E-state index >= 15 is 0 Å². The fourth-order valence-electron chi connectivity index (χ4n) is 2.83. The van der Waals surface area contributed by atoms with Crippen molar-refractivity contribution in [1.29, 1.82) is 0 Å². The number of pyridine rings is 1. The van der Waals surface area contributed by atoms with Crippen LogP contribution in [0.5, 0.6) is 0 Å². The topological polar surface area (TPSA) is 17.8 Å². The first-order valence-electron chi connectivity index (χ1n) is 6.33. The Morgan fingerprint density at radius 1 is 1.19 bits per heavy atom. The molecule has 2 aromatic heterocycles. The van der Waals surface area contributed by atoms with Crippen molar-refractivity contribution in [2.24, 2.45) is 5.92 Å². The molecule has 1 saturated carbocycles. The molecule has 0 radical (unpaired) electrons. The van der Waals surface area contributed by atoms with Crippen LogP contribution < -0.4 is 0 Å². The Labute approximate surface area is 96.3 Å². The molecule has 0 saturated heterocycles. The molecular formula is C14H18N2. The Morgan fingerprint density at radius 3 is 2.94 bits per heavy atom. The van der Waals surface area contributed by atoms with E-state index in [0.717, 1.165) is 11.4 Å². The molecule has 2 heteroatoms. The van der Waals surface area contributed by atoms with Gasteiger partial charge in [-0.2, -0.15) is 0 Å². The number of hydrogen-bond acceptors (Lipinski definition) is 1. The molecule has 1 fully saturated rings. The van der Waals surface area contributed by atoms with Crippen molar-refractivity contribution in [3.05, 3.63) is 30.6 Å². The van der Waals surface area contributed by atoms with Crippen molar-refractivity contribution in [2.45, 2.75) is 38.6 Å². The molecular weight excluding hydrogens is 196 g/mol. The summed E-state index contributed by atoms with van der Waals surface area (Å²) in [4.78, 5) is 4.37. The molecule has 1 aliphatic carbocycles. The molecule has 16 heavy (non-hydrogen) atoms. The van der Waals surface area contributed by atoms with Gasteiger partial charge in [0.25, 0.3) is 0 Å². The third-order valence-electron chi connectivity index (χ3n) is 3.72. The normalized spacial score (nSPS) is 18.0. The second-order valence-corrected chi connectivity index (χ2v) is 4.88. The van der Waals surface area contributed by atoms with Crippen LogP contribution in [0.3, 0.4) is 0 Å². The third kappa shape index (κ3) is 1.84. The predicted molar refractivity (Wildman–Crippen MR) is 66.3 cm³/mol. The fraction of sp³-hybridized carbons (Fsp3) is 0.500. The van der Waals surface area contributed by atoms with Gasteiger partial charge in [-0.15, -0.1) is 0 Å². The number of fused-ring (bicyclic) bond motifs is 1. The van der Waals surface area contributed by atoms with Crippen LogP contribution in [0, 0.1) is 5.92 Å². The highest BCUT2D eigenvalue weighted by Gasteiger charge is 2.14. The monoisotopic (exact) mass is 214 g/mol. The molecule has 2 heterocycles. The summed E-state index contributed by atoms with van der Waals surface area (Å²) in [5.74, 6) is 0.879. The summed E-state index contributed by atoms with van der Waals surface area (Å²) in [6.07, 6.45) is 11.1. The summed E-state index contributed by atoms with van der Waals surface area (Å²) in [5, 5.41) is 0. The molecule has 2 aromatic rings. The van der Waals surface area contributed by atoms with Crippen LogP contribution in [0.25, 0.3) is 11.0 Å². The number of hydrogen-bond donors (Lipinski definition) is 0. The van der Waals surface area contributed by atoms with E-state index in [1.165, 1.54) is 44.2 Å². The van der Waals surface area contributed by atoms with Crippen LogP contribution in [-0.2, 0) is 6.54 Å². The second kappa shape index (κ2) is 4.28. The molecule has 0 atom stereocenters. The lowest BCUT2D eigenvalue weighted by molar-refractivity contribution is 0.322. The van der Waals surface area contributed by atoms with E-state index in [1.807, 2.05) is 12.3 Å². The van der Waals surface area contributed by atoms with Gasteiger partial charge < -0.3 is 4.57 Å². The average molecular weight is 214 g/mol. The predicted octanol–water partition coefficient (Wildman–Crippen LogP) is 3.62. The first-order valence-corrected chi connectivity index (χ1v) is 6.33. The van der Waals surface area contributed by atoms with Gasteiger partial charge in [-0.05, 0) is 37.0 Å². The van der Waals surface area contributed by atoms with Crippen LogP contribution in [0.2, 0.25) is 0 Å². The van der Waals surface area contributed by atoms with E-state index in [1.54, 1.807) is 0 Å². The average Bonchev–Trinajstić information content (AvgIpc) is 2.74. The molecule has 0 spiro atoms.